The molecule has 0 amide bonds. The molecule has 0 spiro atoms. The number of anilines is 1. The molecule has 2 aromatic carbocycles. The topological polar surface area (TPSA) is 76.6 Å². The number of nitrogens with two attached hydrogens (primary N) is 1. The van der Waals surface area contributed by atoms with Crippen LogP contribution in [-0.2, 0) is 11.3 Å². The van der Waals surface area contributed by atoms with Crippen molar-refractivity contribution in [3.05, 3.63) is 76.9 Å². The van der Waals surface area contributed by atoms with Crippen LogP contribution < -0.4 is 5.73 Å². The number of fused-ring (bicyclic) bond motifs is 1. The Morgan fingerprint density at radius 2 is 1.91 bits per heavy atom. The fraction of sp³-hybridized carbons (Fsp3) is 0.346. The molecule has 0 saturated heterocycles. The summed E-state index contributed by atoms with van der Waals surface area (Å²) < 4.78 is 14.2. The van der Waals surface area contributed by atoms with E-state index in [2.05, 4.69) is 20.0 Å². The summed E-state index contributed by atoms with van der Waals surface area (Å²) >= 11 is 0. The summed E-state index contributed by atoms with van der Waals surface area (Å²) in [5.74, 6) is 0.0565. The van der Waals surface area contributed by atoms with Gasteiger partial charge in [0, 0.05) is 18.5 Å². The monoisotopic (exact) mass is 447 g/mol. The second-order valence-corrected chi connectivity index (χ2v) is 8.72. The minimum absolute atomic E-state index is 0.0612. The lowest BCUT2D eigenvalue weighted by Crippen LogP contribution is -2.24. The van der Waals surface area contributed by atoms with Gasteiger partial charge < -0.3 is 15.5 Å². The average molecular weight is 448 g/mol. The van der Waals surface area contributed by atoms with Gasteiger partial charge in [-0.3, -0.25) is 0 Å². The van der Waals surface area contributed by atoms with Crippen LogP contribution in [0, 0.1) is 12.7 Å². The predicted octanol–water partition coefficient (Wildman–Crippen LogP) is 4.58. The quantitative estimate of drug-likeness (QED) is 0.424. The van der Waals surface area contributed by atoms with Crippen molar-refractivity contribution >= 4 is 11.7 Å². The first kappa shape index (κ1) is 22.9. The molecular formula is C26H30FN5O. The fourth-order valence-electron chi connectivity index (χ4n) is 4.44. The van der Waals surface area contributed by atoms with Crippen molar-refractivity contribution in [2.45, 2.75) is 32.1 Å². The number of aryl methyl sites for hydroxylation is 1. The first-order valence-corrected chi connectivity index (χ1v) is 11.2. The van der Waals surface area contributed by atoms with E-state index < -0.39 is 0 Å². The number of oxime groups is 1. The number of benzene rings is 2. The minimum Gasteiger partial charge on any atom is -0.396 e. The van der Waals surface area contributed by atoms with Crippen molar-refractivity contribution in [1.29, 1.82) is 0 Å². The lowest BCUT2D eigenvalue weighted by Gasteiger charge is -2.28. The largest absolute Gasteiger partial charge is 0.396 e. The molecule has 1 atom stereocenters. The highest BCUT2D eigenvalue weighted by Crippen LogP contribution is 2.38. The Kier molecular flexibility index (Phi) is 6.99. The number of rotatable bonds is 7. The number of nitrogen functional groups attached to an aromatic ring is 1. The van der Waals surface area contributed by atoms with Crippen molar-refractivity contribution in [3.8, 4) is 11.1 Å². The zero-order valence-electron chi connectivity index (χ0n) is 19.4. The van der Waals surface area contributed by atoms with Gasteiger partial charge >= 0.3 is 0 Å². The predicted molar refractivity (Wildman–Crippen MR) is 130 cm³/mol. The van der Waals surface area contributed by atoms with E-state index in [0.717, 1.165) is 52.3 Å². The van der Waals surface area contributed by atoms with Crippen LogP contribution in [0.3, 0.4) is 0 Å². The molecule has 33 heavy (non-hydrogen) atoms. The Morgan fingerprint density at radius 3 is 2.67 bits per heavy atom. The van der Waals surface area contributed by atoms with Gasteiger partial charge in [-0.1, -0.05) is 41.6 Å². The fourth-order valence-corrected chi connectivity index (χ4v) is 4.44. The van der Waals surface area contributed by atoms with E-state index in [4.69, 9.17) is 10.6 Å². The Morgan fingerprint density at radius 1 is 1.12 bits per heavy atom. The molecule has 172 valence electrons. The third kappa shape index (κ3) is 5.37. The number of halogens is 1. The van der Waals surface area contributed by atoms with Crippen LogP contribution in [0.25, 0.3) is 11.1 Å². The second-order valence-electron chi connectivity index (χ2n) is 8.72. The lowest BCUT2D eigenvalue weighted by molar-refractivity contribution is 0.134. The van der Waals surface area contributed by atoms with Crippen molar-refractivity contribution in [2.75, 3.05) is 33.0 Å². The first-order chi connectivity index (χ1) is 15.9. The Hall–Kier alpha value is -3.32. The maximum Gasteiger partial charge on any atom is 0.220 e. The van der Waals surface area contributed by atoms with Crippen molar-refractivity contribution in [3.63, 3.8) is 0 Å². The van der Waals surface area contributed by atoms with Gasteiger partial charge in [-0.25, -0.2) is 14.4 Å². The van der Waals surface area contributed by atoms with Crippen LogP contribution in [0.1, 0.15) is 41.3 Å². The Bertz CT molecular complexity index is 1150. The first-order valence-electron chi connectivity index (χ1n) is 11.2. The van der Waals surface area contributed by atoms with Crippen LogP contribution in [0.15, 0.2) is 53.7 Å². The summed E-state index contributed by atoms with van der Waals surface area (Å²) in [4.78, 5) is 16.7. The zero-order chi connectivity index (χ0) is 23.4. The van der Waals surface area contributed by atoms with Gasteiger partial charge in [0.1, 0.15) is 12.4 Å². The van der Waals surface area contributed by atoms with Crippen LogP contribution in [0.2, 0.25) is 0 Å². The molecule has 2 N–H and O–H groups in total. The van der Waals surface area contributed by atoms with Gasteiger partial charge in [0.15, 0.2) is 0 Å². The summed E-state index contributed by atoms with van der Waals surface area (Å²) in [6.07, 6.45) is 2.21. The third-order valence-corrected chi connectivity index (χ3v) is 5.91. The average Bonchev–Trinajstić information content (AvgIpc) is 2.78. The van der Waals surface area contributed by atoms with E-state index in [1.165, 1.54) is 6.07 Å². The second kappa shape index (κ2) is 10.1. The number of hydrogen-bond acceptors (Lipinski definition) is 6. The van der Waals surface area contributed by atoms with E-state index in [-0.39, 0.29) is 17.7 Å². The van der Waals surface area contributed by atoms with E-state index in [1.54, 1.807) is 6.07 Å². The molecule has 6 nitrogen and oxygen atoms in total. The van der Waals surface area contributed by atoms with Crippen LogP contribution >= 0.6 is 0 Å². The standard InChI is InChI=1S/C26H30FN5O/c1-17-25-23(30-26(28)29-17)14-19(15-24(25)31-33-13-7-12-32(2)3)21-11-10-20(27)16-22(21)18-8-5-4-6-9-18/h4-6,8-11,16,19H,7,12-15H2,1-3H3,(H2,28,29,30). The highest BCUT2D eigenvalue weighted by Gasteiger charge is 2.30. The highest BCUT2D eigenvalue weighted by atomic mass is 19.1. The molecule has 7 heteroatoms. The Labute approximate surface area is 194 Å². The van der Waals surface area contributed by atoms with Gasteiger partial charge in [0.05, 0.1) is 17.1 Å². The summed E-state index contributed by atoms with van der Waals surface area (Å²) in [5, 5.41) is 4.51. The van der Waals surface area contributed by atoms with E-state index in [9.17, 15) is 4.39 Å². The molecule has 1 heterocycles. The smallest absolute Gasteiger partial charge is 0.220 e. The van der Waals surface area contributed by atoms with E-state index >= 15 is 0 Å². The molecule has 0 aliphatic heterocycles. The maximum absolute atomic E-state index is 14.2. The normalized spacial score (nSPS) is 16.8. The molecule has 1 aliphatic carbocycles. The summed E-state index contributed by atoms with van der Waals surface area (Å²) in [6.45, 7) is 3.38. The number of aromatic nitrogens is 2. The van der Waals surface area contributed by atoms with Crippen molar-refractivity contribution in [1.82, 2.24) is 14.9 Å². The molecule has 1 aromatic heterocycles. The minimum atomic E-state index is -0.255. The highest BCUT2D eigenvalue weighted by molar-refractivity contribution is 6.03. The SMILES string of the molecule is Cc1nc(N)nc2c1C(=NOCCCN(C)C)CC(c1ccc(F)cc1-c1ccccc1)C2. The van der Waals surface area contributed by atoms with E-state index in [0.29, 0.717) is 19.4 Å². The molecule has 3 aromatic rings. The molecule has 0 radical (unpaired) electrons. The molecule has 1 aliphatic rings. The summed E-state index contributed by atoms with van der Waals surface area (Å²) in [5.41, 5.74) is 12.3. The molecule has 0 fully saturated rings. The number of hydrogen-bond donors (Lipinski definition) is 1. The van der Waals surface area contributed by atoms with Crippen LogP contribution in [-0.4, -0.2) is 47.8 Å². The maximum atomic E-state index is 14.2. The van der Waals surface area contributed by atoms with Gasteiger partial charge in [-0.2, -0.15) is 0 Å². The summed E-state index contributed by atoms with van der Waals surface area (Å²) in [7, 11) is 4.07. The van der Waals surface area contributed by atoms with Crippen LogP contribution in [0.4, 0.5) is 10.3 Å². The lowest BCUT2D eigenvalue weighted by atomic mass is 9.78. The van der Waals surface area contributed by atoms with Gasteiger partial charge in [-0.05, 0) is 68.6 Å². The molecule has 0 saturated carbocycles. The molecule has 1 unspecified atom stereocenters. The third-order valence-electron chi connectivity index (χ3n) is 5.91. The van der Waals surface area contributed by atoms with Gasteiger partial charge in [-0.15, -0.1) is 0 Å². The molecule has 4 rings (SSSR count). The van der Waals surface area contributed by atoms with E-state index in [1.807, 2.05) is 57.4 Å². The Balaban J connectivity index is 1.70. The van der Waals surface area contributed by atoms with Crippen molar-refractivity contribution < 1.29 is 9.23 Å². The van der Waals surface area contributed by atoms with Crippen molar-refractivity contribution in [2.24, 2.45) is 5.16 Å². The molecular weight excluding hydrogens is 417 g/mol. The van der Waals surface area contributed by atoms with Gasteiger partial charge in [0.25, 0.3) is 0 Å². The molecule has 0 bridgehead atoms. The summed E-state index contributed by atoms with van der Waals surface area (Å²) in [6, 6.07) is 14.9. The zero-order valence-corrected chi connectivity index (χ0v) is 19.4. The van der Waals surface area contributed by atoms with Crippen LogP contribution in [0.5, 0.6) is 0 Å². The number of nitrogens with zero attached hydrogens (tertiary/aromatic N) is 4. The van der Waals surface area contributed by atoms with Gasteiger partial charge in [0.2, 0.25) is 5.95 Å².